The van der Waals surface area contributed by atoms with Gasteiger partial charge in [-0.15, -0.1) is 0 Å². The molecule has 2 rings (SSSR count). The van der Waals surface area contributed by atoms with Gasteiger partial charge in [0.05, 0.1) is 5.69 Å². The summed E-state index contributed by atoms with van der Waals surface area (Å²) in [6.45, 7) is 0.585. The minimum absolute atomic E-state index is 0.234. The van der Waals surface area contributed by atoms with Gasteiger partial charge in [0.25, 0.3) is 0 Å². The van der Waals surface area contributed by atoms with E-state index in [0.717, 1.165) is 12.8 Å². The van der Waals surface area contributed by atoms with Crippen molar-refractivity contribution in [3.05, 3.63) is 24.3 Å². The van der Waals surface area contributed by atoms with Crippen LogP contribution in [0.5, 0.6) is 0 Å². The van der Waals surface area contributed by atoms with Gasteiger partial charge < -0.3 is 5.43 Å². The Hall–Kier alpha value is -1.11. The number of para-hydroxylation sites is 1. The fraction of sp³-hybridized carbons (Fsp3) is 0.538. The van der Waals surface area contributed by atoms with Crippen molar-refractivity contribution in [1.82, 2.24) is 4.31 Å². The summed E-state index contributed by atoms with van der Waals surface area (Å²) in [5.41, 5.74) is 2.88. The van der Waals surface area contributed by atoms with E-state index in [4.69, 9.17) is 5.84 Å². The van der Waals surface area contributed by atoms with E-state index in [-0.39, 0.29) is 4.90 Å². The van der Waals surface area contributed by atoms with Gasteiger partial charge in [0.2, 0.25) is 10.0 Å². The highest BCUT2D eigenvalue weighted by molar-refractivity contribution is 7.89. The quantitative estimate of drug-likeness (QED) is 0.638. The smallest absolute Gasteiger partial charge is 0.244 e. The first-order chi connectivity index (χ1) is 9.05. The van der Waals surface area contributed by atoms with Crippen LogP contribution in [0.4, 0.5) is 5.69 Å². The summed E-state index contributed by atoms with van der Waals surface area (Å²) < 4.78 is 26.5. The Morgan fingerprint density at radius 2 is 1.95 bits per heavy atom. The predicted octanol–water partition coefficient (Wildman–Crippen LogP) is 1.78. The number of hydrogen-bond acceptors (Lipinski definition) is 4. The van der Waals surface area contributed by atoms with E-state index in [0.29, 0.717) is 18.2 Å². The first-order valence-electron chi connectivity index (χ1n) is 6.57. The average Bonchev–Trinajstić information content (AvgIpc) is 2.91. The number of hydrogen-bond donors (Lipinski definition) is 2. The van der Waals surface area contributed by atoms with Crippen LogP contribution in [0.15, 0.2) is 29.2 Å². The number of nitrogens with two attached hydrogens (primary N) is 1. The molecule has 106 valence electrons. The number of nitrogens with zero attached hydrogens (tertiary/aromatic N) is 1. The summed E-state index contributed by atoms with van der Waals surface area (Å²) in [4.78, 5) is 0.234. The Balaban J connectivity index is 2.20. The summed E-state index contributed by atoms with van der Waals surface area (Å²) >= 11 is 0. The predicted molar refractivity (Wildman–Crippen MR) is 76.0 cm³/mol. The van der Waals surface area contributed by atoms with Gasteiger partial charge in [-0.3, -0.25) is 5.84 Å². The van der Waals surface area contributed by atoms with E-state index in [1.54, 1.807) is 31.3 Å². The minimum Gasteiger partial charge on any atom is -0.323 e. The van der Waals surface area contributed by atoms with Crippen LogP contribution >= 0.6 is 0 Å². The van der Waals surface area contributed by atoms with Crippen molar-refractivity contribution < 1.29 is 8.42 Å². The molecule has 1 aromatic carbocycles. The largest absolute Gasteiger partial charge is 0.323 e. The minimum atomic E-state index is -3.48. The highest BCUT2D eigenvalue weighted by Crippen LogP contribution is 2.28. The fourth-order valence-electron chi connectivity index (χ4n) is 2.63. The highest BCUT2D eigenvalue weighted by Gasteiger charge is 2.27. The monoisotopic (exact) mass is 283 g/mol. The van der Waals surface area contributed by atoms with Gasteiger partial charge in [-0.25, -0.2) is 12.7 Å². The lowest BCUT2D eigenvalue weighted by Gasteiger charge is -2.22. The van der Waals surface area contributed by atoms with Crippen LogP contribution in [-0.4, -0.2) is 26.3 Å². The van der Waals surface area contributed by atoms with Gasteiger partial charge >= 0.3 is 0 Å². The lowest BCUT2D eigenvalue weighted by Crippen LogP contribution is -2.32. The second-order valence-electron chi connectivity index (χ2n) is 5.08. The third-order valence-corrected chi connectivity index (χ3v) is 5.60. The zero-order valence-corrected chi connectivity index (χ0v) is 12.0. The molecular formula is C13H21N3O2S. The standard InChI is InChI=1S/C13H21N3O2S/c1-16(10-11-6-2-3-7-11)19(17,18)13-9-5-4-8-12(13)15-14/h4-5,8-9,11,15H,2-3,6-7,10,14H2,1H3. The summed E-state index contributed by atoms with van der Waals surface area (Å²) in [6.07, 6.45) is 4.66. The third kappa shape index (κ3) is 3.08. The molecule has 0 bridgehead atoms. The van der Waals surface area contributed by atoms with Crippen molar-refractivity contribution >= 4 is 15.7 Å². The molecule has 1 aliphatic rings. The molecule has 0 unspecified atom stereocenters. The molecule has 0 heterocycles. The van der Waals surface area contributed by atoms with Crippen LogP contribution in [0, 0.1) is 5.92 Å². The van der Waals surface area contributed by atoms with Crippen LogP contribution in [0.1, 0.15) is 25.7 Å². The maximum absolute atomic E-state index is 12.5. The zero-order chi connectivity index (χ0) is 13.9. The second kappa shape index (κ2) is 5.90. The Labute approximate surface area is 114 Å². The molecule has 1 aromatic rings. The first-order valence-corrected chi connectivity index (χ1v) is 8.01. The van der Waals surface area contributed by atoms with E-state index in [1.807, 2.05) is 0 Å². The molecule has 3 N–H and O–H groups in total. The molecule has 0 aromatic heterocycles. The van der Waals surface area contributed by atoms with E-state index in [2.05, 4.69) is 5.43 Å². The summed E-state index contributed by atoms with van der Waals surface area (Å²) in [5, 5.41) is 0. The molecule has 0 spiro atoms. The van der Waals surface area contributed by atoms with E-state index in [9.17, 15) is 8.42 Å². The number of nitrogen functional groups attached to an aromatic ring is 1. The van der Waals surface area contributed by atoms with Crippen LogP contribution in [0.25, 0.3) is 0 Å². The lowest BCUT2D eigenvalue weighted by molar-refractivity contribution is 0.387. The van der Waals surface area contributed by atoms with Crippen molar-refractivity contribution in [3.63, 3.8) is 0 Å². The third-order valence-electron chi connectivity index (χ3n) is 3.72. The Morgan fingerprint density at radius 1 is 1.32 bits per heavy atom. The zero-order valence-electron chi connectivity index (χ0n) is 11.2. The molecule has 0 radical (unpaired) electrons. The van der Waals surface area contributed by atoms with Gasteiger partial charge in [-0.05, 0) is 30.9 Å². The molecule has 1 aliphatic carbocycles. The van der Waals surface area contributed by atoms with Crippen LogP contribution in [0.3, 0.4) is 0 Å². The van der Waals surface area contributed by atoms with Gasteiger partial charge in [0, 0.05) is 13.6 Å². The van der Waals surface area contributed by atoms with Crippen molar-refractivity contribution in [2.45, 2.75) is 30.6 Å². The Kier molecular flexibility index (Phi) is 4.44. The molecule has 0 amide bonds. The SMILES string of the molecule is CN(CC1CCCC1)S(=O)(=O)c1ccccc1NN. The molecule has 0 aliphatic heterocycles. The maximum atomic E-state index is 12.5. The van der Waals surface area contributed by atoms with Crippen molar-refractivity contribution in [1.29, 1.82) is 0 Å². The summed E-state index contributed by atoms with van der Waals surface area (Å²) in [7, 11) is -1.84. The number of rotatable bonds is 5. The lowest BCUT2D eigenvalue weighted by atomic mass is 10.1. The van der Waals surface area contributed by atoms with Crippen molar-refractivity contribution in [2.24, 2.45) is 11.8 Å². The van der Waals surface area contributed by atoms with Crippen molar-refractivity contribution in [2.75, 3.05) is 19.0 Å². The normalized spacial score (nSPS) is 17.0. The van der Waals surface area contributed by atoms with Crippen molar-refractivity contribution in [3.8, 4) is 0 Å². The number of hydrazine groups is 1. The molecule has 0 saturated heterocycles. The van der Waals surface area contributed by atoms with E-state index in [1.165, 1.54) is 17.1 Å². The summed E-state index contributed by atoms with van der Waals surface area (Å²) in [5.74, 6) is 5.86. The number of sulfonamides is 1. The first kappa shape index (κ1) is 14.3. The molecule has 5 nitrogen and oxygen atoms in total. The van der Waals surface area contributed by atoms with Crippen LogP contribution in [0.2, 0.25) is 0 Å². The van der Waals surface area contributed by atoms with E-state index < -0.39 is 10.0 Å². The second-order valence-corrected chi connectivity index (χ2v) is 7.09. The Bertz CT molecular complexity index is 524. The van der Waals surface area contributed by atoms with E-state index >= 15 is 0 Å². The molecule has 0 atom stereocenters. The summed E-state index contributed by atoms with van der Waals surface area (Å²) in [6, 6.07) is 6.70. The topological polar surface area (TPSA) is 75.4 Å². The highest BCUT2D eigenvalue weighted by atomic mass is 32.2. The van der Waals surface area contributed by atoms with Gasteiger partial charge in [-0.1, -0.05) is 25.0 Å². The molecule has 19 heavy (non-hydrogen) atoms. The number of benzene rings is 1. The van der Waals surface area contributed by atoms with Gasteiger partial charge in [0.15, 0.2) is 0 Å². The average molecular weight is 283 g/mol. The molecule has 1 fully saturated rings. The van der Waals surface area contributed by atoms with Crippen LogP contribution < -0.4 is 11.3 Å². The van der Waals surface area contributed by atoms with Gasteiger partial charge in [-0.2, -0.15) is 0 Å². The Morgan fingerprint density at radius 3 is 2.58 bits per heavy atom. The fourth-order valence-corrected chi connectivity index (χ4v) is 4.03. The molecule has 6 heteroatoms. The maximum Gasteiger partial charge on any atom is 0.244 e. The molecule has 1 saturated carbocycles. The van der Waals surface area contributed by atoms with Crippen LogP contribution in [-0.2, 0) is 10.0 Å². The van der Waals surface area contributed by atoms with Gasteiger partial charge in [0.1, 0.15) is 4.90 Å². The number of nitrogens with one attached hydrogen (secondary N) is 1. The molecular weight excluding hydrogens is 262 g/mol. The number of anilines is 1.